The maximum Gasteiger partial charge on any atom is 0.272 e. The molecule has 1 fully saturated rings. The van der Waals surface area contributed by atoms with Crippen molar-refractivity contribution in [3.05, 3.63) is 81.4 Å². The van der Waals surface area contributed by atoms with E-state index in [0.29, 0.717) is 35.2 Å². The molecule has 33 heavy (non-hydrogen) atoms. The van der Waals surface area contributed by atoms with Gasteiger partial charge in [-0.05, 0) is 55.7 Å². The number of pyridine rings is 1. The fourth-order valence-electron chi connectivity index (χ4n) is 4.15. The van der Waals surface area contributed by atoms with Crippen molar-refractivity contribution in [2.75, 3.05) is 13.2 Å². The minimum atomic E-state index is -0.188. The molecule has 2 aromatic heterocycles. The second kappa shape index (κ2) is 8.84. The largest absolute Gasteiger partial charge is 0.381 e. The lowest BCUT2D eigenvalue weighted by Gasteiger charge is -2.22. The van der Waals surface area contributed by atoms with Crippen LogP contribution >= 0.6 is 11.6 Å². The molecule has 2 aromatic carbocycles. The number of H-pyrrole nitrogens is 1. The molecule has 4 aromatic rings. The second-order valence-corrected chi connectivity index (χ2v) is 8.63. The van der Waals surface area contributed by atoms with Crippen LogP contribution in [0.3, 0.4) is 0 Å². The molecule has 1 aliphatic heterocycles. The molecule has 1 saturated heterocycles. The first-order chi connectivity index (χ1) is 16.0. The van der Waals surface area contributed by atoms with Gasteiger partial charge in [0, 0.05) is 42.0 Å². The summed E-state index contributed by atoms with van der Waals surface area (Å²) < 4.78 is 6.93. The van der Waals surface area contributed by atoms with Gasteiger partial charge in [-0.2, -0.15) is 5.10 Å². The summed E-state index contributed by atoms with van der Waals surface area (Å²) in [6.07, 6.45) is 3.34. The predicted octanol–water partition coefficient (Wildman–Crippen LogP) is 4.25. The van der Waals surface area contributed by atoms with Crippen molar-refractivity contribution in [2.24, 2.45) is 0 Å². The van der Waals surface area contributed by atoms with E-state index in [4.69, 9.17) is 16.3 Å². The highest BCUT2D eigenvalue weighted by Crippen LogP contribution is 2.32. The van der Waals surface area contributed by atoms with Gasteiger partial charge in [0.05, 0.1) is 16.2 Å². The Morgan fingerprint density at radius 3 is 2.79 bits per heavy atom. The number of carbonyl (C=O) groups excluding carboxylic acids is 1. The fourth-order valence-corrected chi connectivity index (χ4v) is 4.43. The highest BCUT2D eigenvalue weighted by atomic mass is 35.5. The van der Waals surface area contributed by atoms with Crippen LogP contribution in [-0.4, -0.2) is 39.9 Å². The summed E-state index contributed by atoms with van der Waals surface area (Å²) in [6.45, 7) is 3.11. The highest BCUT2D eigenvalue weighted by Gasteiger charge is 2.20. The highest BCUT2D eigenvalue weighted by molar-refractivity contribution is 6.33. The lowest BCUT2D eigenvalue weighted by atomic mass is 10.0. The van der Waals surface area contributed by atoms with Gasteiger partial charge in [0.2, 0.25) is 0 Å². The molecule has 0 unspecified atom stereocenters. The molecule has 0 atom stereocenters. The van der Waals surface area contributed by atoms with Crippen molar-refractivity contribution >= 4 is 28.4 Å². The Morgan fingerprint density at radius 2 is 2.00 bits per heavy atom. The quantitative estimate of drug-likeness (QED) is 0.474. The molecule has 8 heteroatoms. The van der Waals surface area contributed by atoms with E-state index in [-0.39, 0.29) is 17.5 Å². The first-order valence-corrected chi connectivity index (χ1v) is 11.2. The number of aryl methyl sites for hydroxylation is 1. The number of aromatic nitrogens is 3. The number of hydrogen-bond donors (Lipinski definition) is 2. The van der Waals surface area contributed by atoms with E-state index in [9.17, 15) is 9.59 Å². The van der Waals surface area contributed by atoms with Gasteiger partial charge in [-0.1, -0.05) is 29.8 Å². The number of aromatic amines is 1. The van der Waals surface area contributed by atoms with E-state index < -0.39 is 0 Å². The molecule has 0 saturated carbocycles. The zero-order chi connectivity index (χ0) is 22.9. The number of nitrogens with one attached hydrogen (secondary N) is 2. The Labute approximate surface area is 195 Å². The average Bonchev–Trinajstić information content (AvgIpc) is 3.25. The van der Waals surface area contributed by atoms with E-state index in [2.05, 4.69) is 15.5 Å². The molecule has 3 heterocycles. The van der Waals surface area contributed by atoms with Crippen LogP contribution in [0.4, 0.5) is 0 Å². The molecule has 1 amide bonds. The van der Waals surface area contributed by atoms with Crippen molar-refractivity contribution in [3.8, 4) is 16.8 Å². The number of rotatable bonds is 4. The van der Waals surface area contributed by atoms with E-state index in [1.807, 2.05) is 36.4 Å². The molecule has 5 rings (SSSR count). The van der Waals surface area contributed by atoms with Crippen LogP contribution in [0.15, 0.2) is 59.5 Å². The van der Waals surface area contributed by atoms with Gasteiger partial charge in [-0.3, -0.25) is 19.3 Å². The van der Waals surface area contributed by atoms with Crippen LogP contribution in [0.2, 0.25) is 5.02 Å². The molecule has 7 nitrogen and oxygen atoms in total. The monoisotopic (exact) mass is 462 g/mol. The lowest BCUT2D eigenvalue weighted by Crippen LogP contribution is -2.39. The second-order valence-electron chi connectivity index (χ2n) is 8.22. The fraction of sp³-hybridized carbons (Fsp3) is 0.240. The number of hydrogen-bond acceptors (Lipinski definition) is 4. The van der Waals surface area contributed by atoms with Gasteiger partial charge >= 0.3 is 0 Å². The molecule has 2 N–H and O–H groups in total. The summed E-state index contributed by atoms with van der Waals surface area (Å²) in [7, 11) is 0. The third kappa shape index (κ3) is 4.17. The van der Waals surface area contributed by atoms with Crippen LogP contribution in [-0.2, 0) is 4.74 Å². The zero-order valence-electron chi connectivity index (χ0n) is 18.1. The van der Waals surface area contributed by atoms with E-state index >= 15 is 0 Å². The average molecular weight is 463 g/mol. The van der Waals surface area contributed by atoms with Crippen LogP contribution in [0.25, 0.3) is 27.7 Å². The molecule has 0 bridgehead atoms. The van der Waals surface area contributed by atoms with Crippen molar-refractivity contribution in [2.45, 2.75) is 25.8 Å². The van der Waals surface area contributed by atoms with Gasteiger partial charge in [0.15, 0.2) is 5.69 Å². The first-order valence-electron chi connectivity index (χ1n) is 10.9. The standard InChI is InChI=1S/C25H23ClN4O3/c1-15-3-2-10-30(25(15)32)18-5-7-19(21(26)14-18)16-4-6-20-22(13-16)28-29-23(20)24(31)27-17-8-11-33-12-9-17/h2-7,10,13-14,17H,8-9,11-12H2,1H3,(H,27,31)(H,28,29). The summed E-state index contributed by atoms with van der Waals surface area (Å²) in [5, 5.41) is 11.5. The summed E-state index contributed by atoms with van der Waals surface area (Å²) in [5.74, 6) is -0.188. The maximum atomic E-state index is 12.7. The number of halogens is 1. The molecular formula is C25H23ClN4O3. The number of nitrogens with zero attached hydrogens (tertiary/aromatic N) is 2. The minimum Gasteiger partial charge on any atom is -0.381 e. The number of carbonyl (C=O) groups is 1. The number of amides is 1. The Hall–Kier alpha value is -3.42. The number of ether oxygens (including phenoxy) is 1. The summed E-state index contributed by atoms with van der Waals surface area (Å²) >= 11 is 6.61. The minimum absolute atomic E-state index is 0.0771. The van der Waals surface area contributed by atoms with Crippen molar-refractivity contribution < 1.29 is 9.53 Å². The number of benzene rings is 2. The van der Waals surface area contributed by atoms with Gasteiger partial charge in [0.1, 0.15) is 0 Å². The third-order valence-corrected chi connectivity index (χ3v) is 6.33. The normalized spacial score (nSPS) is 14.5. The lowest BCUT2D eigenvalue weighted by molar-refractivity contribution is 0.0695. The Kier molecular flexibility index (Phi) is 5.74. The van der Waals surface area contributed by atoms with Gasteiger partial charge < -0.3 is 10.1 Å². The van der Waals surface area contributed by atoms with Crippen LogP contribution in [0, 0.1) is 6.92 Å². The van der Waals surface area contributed by atoms with Crippen molar-refractivity contribution in [3.63, 3.8) is 0 Å². The number of fused-ring (bicyclic) bond motifs is 1. The molecule has 0 aliphatic carbocycles. The molecule has 0 radical (unpaired) electrons. The third-order valence-electron chi connectivity index (χ3n) is 6.01. The summed E-state index contributed by atoms with van der Waals surface area (Å²) in [5.41, 5.74) is 4.13. The predicted molar refractivity (Wildman–Crippen MR) is 128 cm³/mol. The maximum absolute atomic E-state index is 12.7. The summed E-state index contributed by atoms with van der Waals surface area (Å²) in [4.78, 5) is 25.2. The van der Waals surface area contributed by atoms with Gasteiger partial charge in [-0.25, -0.2) is 0 Å². The Bertz CT molecular complexity index is 1400. The zero-order valence-corrected chi connectivity index (χ0v) is 18.9. The molecule has 0 spiro atoms. The van der Waals surface area contributed by atoms with E-state index in [0.717, 1.165) is 34.9 Å². The molecule has 168 valence electrons. The Morgan fingerprint density at radius 1 is 1.18 bits per heavy atom. The first kappa shape index (κ1) is 21.4. The van der Waals surface area contributed by atoms with Crippen LogP contribution in [0.5, 0.6) is 0 Å². The van der Waals surface area contributed by atoms with Gasteiger partial charge in [-0.15, -0.1) is 0 Å². The van der Waals surface area contributed by atoms with Crippen LogP contribution < -0.4 is 10.9 Å². The SMILES string of the molecule is Cc1cccn(-c2ccc(-c3ccc4c(C(=O)NC5CCOCC5)n[nH]c4c3)c(Cl)c2)c1=O. The summed E-state index contributed by atoms with van der Waals surface area (Å²) in [6, 6.07) is 15.0. The van der Waals surface area contributed by atoms with Crippen LogP contribution in [0.1, 0.15) is 28.9 Å². The van der Waals surface area contributed by atoms with Crippen molar-refractivity contribution in [1.82, 2.24) is 20.1 Å². The van der Waals surface area contributed by atoms with Gasteiger partial charge in [0.25, 0.3) is 11.5 Å². The van der Waals surface area contributed by atoms with E-state index in [1.165, 1.54) is 0 Å². The van der Waals surface area contributed by atoms with E-state index in [1.54, 1.807) is 29.8 Å². The molecular weight excluding hydrogens is 440 g/mol. The Balaban J connectivity index is 1.43. The molecule has 1 aliphatic rings. The topological polar surface area (TPSA) is 89.0 Å². The van der Waals surface area contributed by atoms with Crippen molar-refractivity contribution in [1.29, 1.82) is 0 Å². The smallest absolute Gasteiger partial charge is 0.272 e.